The predicted octanol–water partition coefficient (Wildman–Crippen LogP) is 2.88. The molecule has 2 rings (SSSR count). The predicted molar refractivity (Wildman–Crippen MR) is 87.0 cm³/mol. The van der Waals surface area contributed by atoms with Crippen molar-refractivity contribution in [1.29, 1.82) is 0 Å². The van der Waals surface area contributed by atoms with Gasteiger partial charge in [-0.15, -0.1) is 11.3 Å². The van der Waals surface area contributed by atoms with Gasteiger partial charge in [-0.1, -0.05) is 6.07 Å². The second kappa shape index (κ2) is 8.69. The lowest BCUT2D eigenvalue weighted by Gasteiger charge is -2.03. The SMILES string of the molecule is CCOC(=O)c1nc(CNCCCc2cccnc2F)sc1C. The third-order valence-electron chi connectivity index (χ3n) is 3.22. The molecule has 0 spiro atoms. The van der Waals surface area contributed by atoms with Crippen molar-refractivity contribution < 1.29 is 13.9 Å². The van der Waals surface area contributed by atoms with Gasteiger partial charge in [0, 0.05) is 23.2 Å². The summed E-state index contributed by atoms with van der Waals surface area (Å²) < 4.78 is 18.3. The molecule has 2 aromatic rings. The minimum absolute atomic E-state index is 0.342. The molecule has 0 unspecified atom stereocenters. The fraction of sp³-hybridized carbons (Fsp3) is 0.438. The third-order valence-corrected chi connectivity index (χ3v) is 4.19. The number of ether oxygens (including phenoxy) is 1. The first-order valence-corrected chi connectivity index (χ1v) is 8.37. The van der Waals surface area contributed by atoms with Crippen LogP contribution in [0.5, 0.6) is 0 Å². The number of carbonyl (C=O) groups is 1. The molecular formula is C16H20FN3O2S. The van der Waals surface area contributed by atoms with Gasteiger partial charge in [0.05, 0.1) is 6.61 Å². The van der Waals surface area contributed by atoms with Gasteiger partial charge in [-0.25, -0.2) is 14.8 Å². The molecule has 0 radical (unpaired) electrons. The van der Waals surface area contributed by atoms with Gasteiger partial charge in [-0.3, -0.25) is 0 Å². The van der Waals surface area contributed by atoms with Crippen molar-refractivity contribution in [2.75, 3.05) is 13.2 Å². The molecule has 0 aliphatic rings. The van der Waals surface area contributed by atoms with Crippen molar-refractivity contribution in [3.05, 3.63) is 45.4 Å². The molecule has 124 valence electrons. The van der Waals surface area contributed by atoms with Crippen LogP contribution in [-0.4, -0.2) is 29.1 Å². The number of hydrogen-bond acceptors (Lipinski definition) is 6. The van der Waals surface area contributed by atoms with Gasteiger partial charge in [0.1, 0.15) is 5.01 Å². The molecule has 0 aliphatic carbocycles. The Kier molecular flexibility index (Phi) is 6.61. The Morgan fingerprint density at radius 3 is 3.04 bits per heavy atom. The van der Waals surface area contributed by atoms with Crippen LogP contribution >= 0.6 is 11.3 Å². The Labute approximate surface area is 138 Å². The fourth-order valence-electron chi connectivity index (χ4n) is 2.12. The first kappa shape index (κ1) is 17.5. The van der Waals surface area contributed by atoms with Gasteiger partial charge in [-0.05, 0) is 39.3 Å². The van der Waals surface area contributed by atoms with E-state index in [4.69, 9.17) is 4.74 Å². The summed E-state index contributed by atoms with van der Waals surface area (Å²) in [6.45, 7) is 5.29. The number of aryl methyl sites for hydroxylation is 2. The summed E-state index contributed by atoms with van der Waals surface area (Å²) >= 11 is 1.48. The van der Waals surface area contributed by atoms with Crippen LogP contribution in [0.3, 0.4) is 0 Å². The normalized spacial score (nSPS) is 10.7. The molecule has 1 N–H and O–H groups in total. The van der Waals surface area contributed by atoms with Crippen molar-refractivity contribution in [2.24, 2.45) is 0 Å². The summed E-state index contributed by atoms with van der Waals surface area (Å²) in [5.41, 5.74) is 1.02. The van der Waals surface area contributed by atoms with E-state index < -0.39 is 5.95 Å². The van der Waals surface area contributed by atoms with Crippen LogP contribution in [0.2, 0.25) is 0 Å². The summed E-state index contributed by atoms with van der Waals surface area (Å²) in [6.07, 6.45) is 2.89. The van der Waals surface area contributed by atoms with E-state index in [1.165, 1.54) is 17.5 Å². The maximum absolute atomic E-state index is 13.4. The maximum Gasteiger partial charge on any atom is 0.358 e. The largest absolute Gasteiger partial charge is 0.461 e. The van der Waals surface area contributed by atoms with E-state index in [-0.39, 0.29) is 5.97 Å². The molecule has 0 saturated heterocycles. The average molecular weight is 337 g/mol. The van der Waals surface area contributed by atoms with Crippen LogP contribution in [0.4, 0.5) is 4.39 Å². The van der Waals surface area contributed by atoms with Crippen molar-refractivity contribution >= 4 is 17.3 Å². The lowest BCUT2D eigenvalue weighted by Crippen LogP contribution is -2.16. The average Bonchev–Trinajstić information content (AvgIpc) is 2.90. The van der Waals surface area contributed by atoms with Gasteiger partial charge in [0.15, 0.2) is 5.69 Å². The summed E-state index contributed by atoms with van der Waals surface area (Å²) in [5, 5.41) is 4.10. The minimum atomic E-state index is -0.401. The first-order chi connectivity index (χ1) is 11.1. The molecule has 0 saturated carbocycles. The molecule has 0 fully saturated rings. The topological polar surface area (TPSA) is 64.1 Å². The highest BCUT2D eigenvalue weighted by Crippen LogP contribution is 2.18. The molecular weight excluding hydrogens is 317 g/mol. The smallest absolute Gasteiger partial charge is 0.358 e. The highest BCUT2D eigenvalue weighted by Gasteiger charge is 2.16. The number of nitrogens with one attached hydrogen (secondary N) is 1. The van der Waals surface area contributed by atoms with Crippen LogP contribution in [0.25, 0.3) is 0 Å². The second-order valence-electron chi connectivity index (χ2n) is 4.97. The minimum Gasteiger partial charge on any atom is -0.461 e. The van der Waals surface area contributed by atoms with Gasteiger partial charge in [0.25, 0.3) is 0 Å². The Bertz CT molecular complexity index is 661. The Balaban J connectivity index is 1.75. The zero-order chi connectivity index (χ0) is 16.7. The van der Waals surface area contributed by atoms with E-state index >= 15 is 0 Å². The van der Waals surface area contributed by atoms with Crippen LogP contribution in [0, 0.1) is 12.9 Å². The number of halogens is 1. The molecule has 0 aliphatic heterocycles. The van der Waals surface area contributed by atoms with E-state index in [9.17, 15) is 9.18 Å². The molecule has 7 heteroatoms. The van der Waals surface area contributed by atoms with Crippen molar-refractivity contribution in [3.63, 3.8) is 0 Å². The van der Waals surface area contributed by atoms with Gasteiger partial charge in [-0.2, -0.15) is 4.39 Å². The van der Waals surface area contributed by atoms with Crippen molar-refractivity contribution in [1.82, 2.24) is 15.3 Å². The molecule has 0 aromatic carbocycles. The number of carbonyl (C=O) groups excluding carboxylic acids is 1. The number of thiazole rings is 1. The van der Waals surface area contributed by atoms with E-state index in [0.29, 0.717) is 30.8 Å². The van der Waals surface area contributed by atoms with Crippen LogP contribution in [0.1, 0.15) is 39.3 Å². The van der Waals surface area contributed by atoms with Crippen molar-refractivity contribution in [3.8, 4) is 0 Å². The highest BCUT2D eigenvalue weighted by molar-refractivity contribution is 7.11. The quantitative estimate of drug-likeness (QED) is 0.456. The standard InChI is InChI=1S/C16H20FN3O2S/c1-3-22-16(21)14-11(2)23-13(20-14)10-18-8-4-6-12-7-5-9-19-15(12)17/h5,7,9,18H,3-4,6,8,10H2,1-2H3. The molecule has 2 aromatic heterocycles. The Morgan fingerprint density at radius 2 is 2.30 bits per heavy atom. The summed E-state index contributed by atoms with van der Waals surface area (Å²) in [4.78, 5) is 20.5. The van der Waals surface area contributed by atoms with E-state index in [1.54, 1.807) is 19.1 Å². The van der Waals surface area contributed by atoms with E-state index in [0.717, 1.165) is 22.9 Å². The van der Waals surface area contributed by atoms with E-state index in [2.05, 4.69) is 15.3 Å². The van der Waals surface area contributed by atoms with Crippen molar-refractivity contribution in [2.45, 2.75) is 33.2 Å². The first-order valence-electron chi connectivity index (χ1n) is 7.55. The lowest BCUT2D eigenvalue weighted by molar-refractivity contribution is 0.0519. The lowest BCUT2D eigenvalue weighted by atomic mass is 10.1. The Hall–Kier alpha value is -1.86. The second-order valence-corrected chi connectivity index (χ2v) is 6.25. The number of rotatable bonds is 8. The van der Waals surface area contributed by atoms with Gasteiger partial charge in [0.2, 0.25) is 5.95 Å². The number of esters is 1. The number of hydrogen-bond donors (Lipinski definition) is 1. The summed E-state index contributed by atoms with van der Waals surface area (Å²) in [5.74, 6) is -0.776. The third kappa shape index (κ3) is 5.07. The van der Waals surface area contributed by atoms with Gasteiger partial charge < -0.3 is 10.1 Å². The van der Waals surface area contributed by atoms with E-state index in [1.807, 2.05) is 6.92 Å². The summed E-state index contributed by atoms with van der Waals surface area (Å²) in [6, 6.07) is 3.49. The molecule has 2 heterocycles. The number of aromatic nitrogens is 2. The molecule has 23 heavy (non-hydrogen) atoms. The van der Waals surface area contributed by atoms with Crippen LogP contribution in [0.15, 0.2) is 18.3 Å². The number of nitrogens with zero attached hydrogens (tertiary/aromatic N) is 2. The van der Waals surface area contributed by atoms with Gasteiger partial charge >= 0.3 is 5.97 Å². The zero-order valence-corrected chi connectivity index (χ0v) is 14.1. The van der Waals surface area contributed by atoms with Crippen LogP contribution in [-0.2, 0) is 17.7 Å². The summed E-state index contributed by atoms with van der Waals surface area (Å²) in [7, 11) is 0. The zero-order valence-electron chi connectivity index (χ0n) is 13.3. The molecule has 0 atom stereocenters. The van der Waals surface area contributed by atoms with Crippen LogP contribution < -0.4 is 5.32 Å². The molecule has 0 bridgehead atoms. The Morgan fingerprint density at radius 1 is 1.48 bits per heavy atom. The molecule has 5 nitrogen and oxygen atoms in total. The molecule has 0 amide bonds. The maximum atomic E-state index is 13.4. The number of pyridine rings is 1. The monoisotopic (exact) mass is 337 g/mol. The highest BCUT2D eigenvalue weighted by atomic mass is 32.1. The fourth-order valence-corrected chi connectivity index (χ4v) is 3.01.